The third kappa shape index (κ3) is 2.78. The Morgan fingerprint density at radius 3 is 2.44 bits per heavy atom. The molecule has 0 heterocycles. The Morgan fingerprint density at radius 2 is 1.72 bits per heavy atom. The number of allylic oxidation sites excluding steroid dienone is 1. The van der Waals surface area contributed by atoms with Gasteiger partial charge in [0.1, 0.15) is 0 Å². The molecule has 0 amide bonds. The predicted octanol–water partition coefficient (Wildman–Crippen LogP) is 5.19. The molecule has 2 aromatic carbocycles. The van der Waals surface area contributed by atoms with Crippen LogP contribution in [0, 0.1) is 0 Å². The van der Waals surface area contributed by atoms with E-state index in [-0.39, 0.29) is 0 Å². The summed E-state index contributed by atoms with van der Waals surface area (Å²) in [5, 5.41) is 3.69. The molecule has 0 aliphatic heterocycles. The van der Waals surface area contributed by atoms with Crippen molar-refractivity contribution in [3.63, 3.8) is 0 Å². The van der Waals surface area contributed by atoms with Gasteiger partial charge in [0, 0.05) is 10.6 Å². The Kier molecular flexibility index (Phi) is 3.79. The molecule has 0 saturated carbocycles. The smallest absolute Gasteiger partial charge is 0.0447 e. The lowest BCUT2D eigenvalue weighted by molar-refractivity contribution is 1.45. The lowest BCUT2D eigenvalue weighted by atomic mass is 10.0. The Balaban J connectivity index is 2.42. The van der Waals surface area contributed by atoms with Gasteiger partial charge in [-0.25, -0.2) is 0 Å². The van der Waals surface area contributed by atoms with Crippen molar-refractivity contribution in [2.45, 2.75) is 6.92 Å². The van der Waals surface area contributed by atoms with E-state index in [9.17, 15) is 0 Å². The molecule has 0 aliphatic carbocycles. The Bertz CT molecular complexity index is 609. The van der Waals surface area contributed by atoms with Gasteiger partial charge < -0.3 is 0 Å². The van der Waals surface area contributed by atoms with E-state index in [2.05, 4.69) is 22.2 Å². The second-order valence-electron chi connectivity index (χ2n) is 3.94. The zero-order chi connectivity index (χ0) is 12.8. The van der Waals surface area contributed by atoms with Crippen LogP contribution in [0.5, 0.6) is 0 Å². The molecule has 0 aliphatic rings. The minimum Gasteiger partial charge on any atom is -0.0622 e. The first-order chi connectivity index (χ1) is 8.81. The molecule has 0 radical (unpaired) electrons. The van der Waals surface area contributed by atoms with Gasteiger partial charge in [-0.1, -0.05) is 65.8 Å². The molecule has 0 spiro atoms. The maximum absolute atomic E-state index is 8.53. The average Bonchev–Trinajstić information content (AvgIpc) is 2.42. The van der Waals surface area contributed by atoms with E-state index >= 15 is 0 Å². The van der Waals surface area contributed by atoms with Gasteiger partial charge >= 0.3 is 0 Å². The van der Waals surface area contributed by atoms with Gasteiger partial charge in [-0.05, 0) is 29.2 Å². The molecule has 0 aromatic heterocycles. The fourth-order valence-corrected chi connectivity index (χ4v) is 1.77. The van der Waals surface area contributed by atoms with Crippen molar-refractivity contribution in [3.8, 4) is 0 Å². The molecule has 0 unspecified atom stereocenters. The number of hydrogen-bond donors (Lipinski definition) is 0. The molecule has 2 aromatic rings. The number of hydrogen-bond acceptors (Lipinski definition) is 1. The van der Waals surface area contributed by atoms with Crippen molar-refractivity contribution >= 4 is 17.3 Å². The first-order valence-electron chi connectivity index (χ1n) is 5.69. The summed E-state index contributed by atoms with van der Waals surface area (Å²) in [7, 11) is 0. The number of rotatable bonds is 3. The topological polar surface area (TPSA) is 48.8 Å². The Morgan fingerprint density at radius 1 is 1.06 bits per heavy atom. The van der Waals surface area contributed by atoms with Gasteiger partial charge in [-0.15, -0.1) is 0 Å². The van der Waals surface area contributed by atoms with E-state index < -0.39 is 0 Å². The average molecular weight is 235 g/mol. The fourth-order valence-electron chi connectivity index (χ4n) is 1.77. The summed E-state index contributed by atoms with van der Waals surface area (Å²) >= 11 is 0. The minimum atomic E-state index is 0.648. The third-order valence-electron chi connectivity index (χ3n) is 2.69. The summed E-state index contributed by atoms with van der Waals surface area (Å²) in [6.07, 6.45) is 2.03. The van der Waals surface area contributed by atoms with Crippen LogP contribution >= 0.6 is 0 Å². The van der Waals surface area contributed by atoms with Crippen molar-refractivity contribution in [1.82, 2.24) is 0 Å². The highest BCUT2D eigenvalue weighted by molar-refractivity contribution is 5.83. The van der Waals surface area contributed by atoms with Crippen molar-refractivity contribution in [3.05, 3.63) is 76.2 Å². The lowest BCUT2D eigenvalue weighted by Crippen LogP contribution is -1.79. The number of benzene rings is 2. The summed E-state index contributed by atoms with van der Waals surface area (Å²) in [6, 6.07) is 17.7. The van der Waals surface area contributed by atoms with Gasteiger partial charge in [0.05, 0.1) is 0 Å². The van der Waals surface area contributed by atoms with Gasteiger partial charge in [-0.3, -0.25) is 0 Å². The number of azide groups is 1. The maximum Gasteiger partial charge on any atom is 0.0447 e. The molecule has 3 heteroatoms. The SMILES string of the molecule is C/C(=C/c1ccccc1N=[N+]=[N-])c1ccccc1. The van der Waals surface area contributed by atoms with E-state index in [1.54, 1.807) is 0 Å². The lowest BCUT2D eigenvalue weighted by Gasteiger charge is -2.03. The van der Waals surface area contributed by atoms with Gasteiger partial charge in [0.2, 0.25) is 0 Å². The monoisotopic (exact) mass is 235 g/mol. The second-order valence-corrected chi connectivity index (χ2v) is 3.94. The molecule has 0 atom stereocenters. The standard InChI is InChI=1S/C15H13N3/c1-12(13-7-3-2-4-8-13)11-14-9-5-6-10-15(14)17-18-16/h2-11H,1H3/b12-11-. The largest absolute Gasteiger partial charge is 0.0622 e. The van der Waals surface area contributed by atoms with E-state index in [1.807, 2.05) is 55.5 Å². The molecule has 0 bridgehead atoms. The molecule has 0 saturated heterocycles. The van der Waals surface area contributed by atoms with Gasteiger partial charge in [0.15, 0.2) is 0 Å². The van der Waals surface area contributed by atoms with Crippen molar-refractivity contribution in [1.29, 1.82) is 0 Å². The molecule has 18 heavy (non-hydrogen) atoms. The zero-order valence-electron chi connectivity index (χ0n) is 10.1. The quantitative estimate of drug-likeness (QED) is 0.304. The van der Waals surface area contributed by atoms with Gasteiger partial charge in [0.25, 0.3) is 0 Å². The first-order valence-corrected chi connectivity index (χ1v) is 5.69. The van der Waals surface area contributed by atoms with Crippen LogP contribution in [0.4, 0.5) is 5.69 Å². The summed E-state index contributed by atoms with van der Waals surface area (Å²) in [6.45, 7) is 2.04. The maximum atomic E-state index is 8.53. The highest BCUT2D eigenvalue weighted by atomic mass is 15.1. The Labute approximate surface area is 106 Å². The zero-order valence-corrected chi connectivity index (χ0v) is 10.1. The molecule has 0 fully saturated rings. The van der Waals surface area contributed by atoms with E-state index in [1.165, 1.54) is 0 Å². The third-order valence-corrected chi connectivity index (χ3v) is 2.69. The number of nitrogens with zero attached hydrogens (tertiary/aromatic N) is 3. The van der Waals surface area contributed by atoms with Crippen molar-refractivity contribution in [2.24, 2.45) is 5.11 Å². The molecular weight excluding hydrogens is 222 g/mol. The van der Waals surface area contributed by atoms with Crippen molar-refractivity contribution in [2.75, 3.05) is 0 Å². The first kappa shape index (κ1) is 12.0. The predicted molar refractivity (Wildman–Crippen MR) is 75.2 cm³/mol. The summed E-state index contributed by atoms with van der Waals surface area (Å²) in [5.74, 6) is 0. The van der Waals surface area contributed by atoms with E-state index in [0.717, 1.165) is 16.7 Å². The second kappa shape index (κ2) is 5.71. The van der Waals surface area contributed by atoms with Crippen LogP contribution in [0.15, 0.2) is 59.7 Å². The van der Waals surface area contributed by atoms with Crippen molar-refractivity contribution < 1.29 is 0 Å². The van der Waals surface area contributed by atoms with Crippen LogP contribution in [-0.2, 0) is 0 Å². The van der Waals surface area contributed by atoms with E-state index in [0.29, 0.717) is 5.69 Å². The summed E-state index contributed by atoms with van der Waals surface area (Å²) < 4.78 is 0. The summed E-state index contributed by atoms with van der Waals surface area (Å²) in [4.78, 5) is 2.84. The van der Waals surface area contributed by atoms with Crippen LogP contribution < -0.4 is 0 Å². The molecular formula is C15H13N3. The molecule has 0 N–H and O–H groups in total. The Hall–Kier alpha value is -2.51. The minimum absolute atomic E-state index is 0.648. The normalized spacial score (nSPS) is 10.8. The van der Waals surface area contributed by atoms with Crippen LogP contribution in [-0.4, -0.2) is 0 Å². The van der Waals surface area contributed by atoms with E-state index in [4.69, 9.17) is 5.53 Å². The highest BCUT2D eigenvalue weighted by Crippen LogP contribution is 2.24. The molecule has 88 valence electrons. The van der Waals surface area contributed by atoms with Gasteiger partial charge in [-0.2, -0.15) is 0 Å². The van der Waals surface area contributed by atoms with Crippen LogP contribution in [0.25, 0.3) is 22.1 Å². The van der Waals surface area contributed by atoms with Crippen LogP contribution in [0.3, 0.4) is 0 Å². The van der Waals surface area contributed by atoms with Crippen LogP contribution in [0.1, 0.15) is 18.1 Å². The highest BCUT2D eigenvalue weighted by Gasteiger charge is 1.98. The molecule has 3 nitrogen and oxygen atoms in total. The van der Waals surface area contributed by atoms with Crippen LogP contribution in [0.2, 0.25) is 0 Å². The molecule has 2 rings (SSSR count). The summed E-state index contributed by atoms with van der Waals surface area (Å²) in [5.41, 5.74) is 12.4. The fraction of sp³-hybridized carbons (Fsp3) is 0.0667.